The topological polar surface area (TPSA) is 88.2 Å². The van der Waals surface area contributed by atoms with Gasteiger partial charge in [0.2, 0.25) is 0 Å². The molecule has 0 radical (unpaired) electrons. The molecule has 0 aliphatic carbocycles. The first-order chi connectivity index (χ1) is 6.93. The molecule has 0 bridgehead atoms. The Morgan fingerprint density at radius 2 is 2.07 bits per heavy atom. The van der Waals surface area contributed by atoms with E-state index in [1.807, 2.05) is 0 Å². The monoisotopic (exact) mass is 229 g/mol. The maximum absolute atomic E-state index is 11.1. The van der Waals surface area contributed by atoms with Crippen molar-refractivity contribution in [3.05, 3.63) is 18.3 Å². The Kier molecular flexibility index (Phi) is 3.25. The summed E-state index contributed by atoms with van der Waals surface area (Å²) in [6.45, 7) is 0. The molecule has 0 aliphatic heterocycles. The first-order valence-electron chi connectivity index (χ1n) is 4.08. The number of amides is 2. The van der Waals surface area contributed by atoms with Gasteiger partial charge in [0.05, 0.1) is 11.9 Å². The van der Waals surface area contributed by atoms with Gasteiger partial charge in [-0.15, -0.1) is 0 Å². The molecule has 0 saturated heterocycles. The summed E-state index contributed by atoms with van der Waals surface area (Å²) in [6, 6.07) is 2.42. The number of pyridine rings is 1. The lowest BCUT2D eigenvalue weighted by atomic mass is 10.4. The number of carbonyl (C=O) groups is 1. The molecule has 1 aromatic heterocycles. The van der Waals surface area contributed by atoms with Crippen LogP contribution in [-0.2, 0) is 9.84 Å². The molecule has 2 N–H and O–H groups in total. The van der Waals surface area contributed by atoms with Gasteiger partial charge in [0, 0.05) is 13.3 Å². The van der Waals surface area contributed by atoms with Gasteiger partial charge in [0.15, 0.2) is 14.9 Å². The van der Waals surface area contributed by atoms with E-state index in [1.165, 1.54) is 25.4 Å². The third-order valence-electron chi connectivity index (χ3n) is 1.60. The Hall–Kier alpha value is -1.63. The zero-order chi connectivity index (χ0) is 11.5. The number of rotatable bonds is 2. The van der Waals surface area contributed by atoms with E-state index in [9.17, 15) is 13.2 Å². The van der Waals surface area contributed by atoms with Crippen molar-refractivity contribution >= 4 is 21.6 Å². The lowest BCUT2D eigenvalue weighted by Gasteiger charge is -2.03. The molecule has 0 atom stereocenters. The van der Waals surface area contributed by atoms with Gasteiger partial charge in [-0.05, 0) is 12.1 Å². The van der Waals surface area contributed by atoms with Gasteiger partial charge in [-0.25, -0.2) is 18.2 Å². The maximum Gasteiger partial charge on any atom is 0.319 e. The average molecular weight is 229 g/mol. The molecular weight excluding hydrogens is 218 g/mol. The molecule has 15 heavy (non-hydrogen) atoms. The molecule has 1 aromatic rings. The highest BCUT2D eigenvalue weighted by molar-refractivity contribution is 7.90. The van der Waals surface area contributed by atoms with Crippen LogP contribution in [0.1, 0.15) is 0 Å². The van der Waals surface area contributed by atoms with Crippen LogP contribution in [0.4, 0.5) is 10.5 Å². The molecule has 0 aromatic carbocycles. The Morgan fingerprint density at radius 1 is 1.40 bits per heavy atom. The standard InChI is InChI=1S/C8H11N3O3S/c1-9-8(12)11-6-3-4-7(10-5-6)15(2,13)14/h3-5H,1-2H3,(H2,9,11,12). The third kappa shape index (κ3) is 3.21. The number of urea groups is 1. The van der Waals surface area contributed by atoms with Gasteiger partial charge in [-0.1, -0.05) is 0 Å². The second-order valence-electron chi connectivity index (χ2n) is 2.86. The minimum atomic E-state index is -3.29. The molecule has 6 nitrogen and oxygen atoms in total. The van der Waals surface area contributed by atoms with E-state index in [-0.39, 0.29) is 11.1 Å². The first-order valence-corrected chi connectivity index (χ1v) is 5.97. The van der Waals surface area contributed by atoms with Crippen LogP contribution in [-0.4, -0.2) is 32.7 Å². The molecule has 7 heteroatoms. The fourth-order valence-corrected chi connectivity index (χ4v) is 1.43. The summed E-state index contributed by atoms with van der Waals surface area (Å²) in [5.74, 6) is 0. The molecule has 1 heterocycles. The number of hydrogen-bond donors (Lipinski definition) is 2. The van der Waals surface area contributed by atoms with Crippen molar-refractivity contribution in [1.82, 2.24) is 10.3 Å². The van der Waals surface area contributed by atoms with Gasteiger partial charge < -0.3 is 10.6 Å². The van der Waals surface area contributed by atoms with E-state index in [0.29, 0.717) is 5.69 Å². The van der Waals surface area contributed by atoms with Crippen LogP contribution in [0.2, 0.25) is 0 Å². The lowest BCUT2D eigenvalue weighted by molar-refractivity contribution is 0.254. The number of anilines is 1. The van der Waals surface area contributed by atoms with Crippen molar-refractivity contribution in [2.45, 2.75) is 5.03 Å². The molecule has 0 fully saturated rings. The van der Waals surface area contributed by atoms with E-state index in [1.54, 1.807) is 0 Å². The van der Waals surface area contributed by atoms with Gasteiger partial charge in [0.1, 0.15) is 0 Å². The summed E-state index contributed by atoms with van der Waals surface area (Å²) < 4.78 is 22.1. The number of nitrogens with one attached hydrogen (secondary N) is 2. The zero-order valence-electron chi connectivity index (χ0n) is 8.31. The summed E-state index contributed by atoms with van der Waals surface area (Å²) in [5, 5.41) is 4.80. The highest BCUT2D eigenvalue weighted by Gasteiger charge is 2.08. The summed E-state index contributed by atoms with van der Waals surface area (Å²) in [6.07, 6.45) is 2.35. The fraction of sp³-hybridized carbons (Fsp3) is 0.250. The number of aromatic nitrogens is 1. The molecular formula is C8H11N3O3S. The Bertz CT molecular complexity index is 453. The van der Waals surface area contributed by atoms with Gasteiger partial charge in [-0.3, -0.25) is 0 Å². The second kappa shape index (κ2) is 4.26. The zero-order valence-corrected chi connectivity index (χ0v) is 9.13. The average Bonchev–Trinajstić information content (AvgIpc) is 2.17. The van der Waals surface area contributed by atoms with Crippen molar-refractivity contribution in [1.29, 1.82) is 0 Å². The minimum Gasteiger partial charge on any atom is -0.341 e. The summed E-state index contributed by atoms with van der Waals surface area (Å²) in [5.41, 5.74) is 0.432. The normalized spacial score (nSPS) is 10.8. The van der Waals surface area contributed by atoms with E-state index in [0.717, 1.165) is 6.26 Å². The highest BCUT2D eigenvalue weighted by atomic mass is 32.2. The van der Waals surface area contributed by atoms with Crippen LogP contribution in [0.5, 0.6) is 0 Å². The van der Waals surface area contributed by atoms with Crippen molar-refractivity contribution in [2.75, 3.05) is 18.6 Å². The van der Waals surface area contributed by atoms with Crippen molar-refractivity contribution in [3.8, 4) is 0 Å². The summed E-state index contributed by atoms with van der Waals surface area (Å²) in [7, 11) is -1.81. The molecule has 0 unspecified atom stereocenters. The number of hydrogen-bond acceptors (Lipinski definition) is 4. The molecule has 0 saturated carbocycles. The third-order valence-corrected chi connectivity index (χ3v) is 2.60. The predicted molar refractivity (Wildman–Crippen MR) is 55.4 cm³/mol. The quantitative estimate of drug-likeness (QED) is 0.760. The van der Waals surface area contributed by atoms with Crippen LogP contribution in [0, 0.1) is 0 Å². The molecule has 82 valence electrons. The van der Waals surface area contributed by atoms with E-state index >= 15 is 0 Å². The summed E-state index contributed by atoms with van der Waals surface area (Å²) >= 11 is 0. The fourth-order valence-electron chi connectivity index (χ4n) is 0.867. The van der Waals surface area contributed by atoms with Crippen LogP contribution in [0.25, 0.3) is 0 Å². The maximum atomic E-state index is 11.1. The Labute approximate surface area is 87.6 Å². The van der Waals surface area contributed by atoms with Crippen LogP contribution >= 0.6 is 0 Å². The van der Waals surface area contributed by atoms with E-state index in [4.69, 9.17) is 0 Å². The number of nitrogens with zero attached hydrogens (tertiary/aromatic N) is 1. The molecule has 1 rings (SSSR count). The van der Waals surface area contributed by atoms with Gasteiger partial charge >= 0.3 is 6.03 Å². The van der Waals surface area contributed by atoms with Crippen LogP contribution in [0.3, 0.4) is 0 Å². The number of sulfone groups is 1. The van der Waals surface area contributed by atoms with Gasteiger partial charge in [0.25, 0.3) is 0 Å². The largest absolute Gasteiger partial charge is 0.341 e. The molecule has 2 amide bonds. The SMILES string of the molecule is CNC(=O)Nc1ccc(S(C)(=O)=O)nc1. The number of carbonyl (C=O) groups excluding carboxylic acids is 1. The molecule has 0 spiro atoms. The summed E-state index contributed by atoms with van der Waals surface area (Å²) in [4.78, 5) is 14.6. The van der Waals surface area contributed by atoms with Gasteiger partial charge in [-0.2, -0.15) is 0 Å². The Balaban J connectivity index is 2.86. The van der Waals surface area contributed by atoms with E-state index in [2.05, 4.69) is 15.6 Å². The van der Waals surface area contributed by atoms with Crippen molar-refractivity contribution in [3.63, 3.8) is 0 Å². The van der Waals surface area contributed by atoms with Crippen molar-refractivity contribution < 1.29 is 13.2 Å². The molecule has 0 aliphatic rings. The van der Waals surface area contributed by atoms with Crippen LogP contribution in [0.15, 0.2) is 23.4 Å². The van der Waals surface area contributed by atoms with Crippen molar-refractivity contribution in [2.24, 2.45) is 0 Å². The van der Waals surface area contributed by atoms with E-state index < -0.39 is 9.84 Å². The first kappa shape index (κ1) is 11.4. The smallest absolute Gasteiger partial charge is 0.319 e. The Morgan fingerprint density at radius 3 is 2.47 bits per heavy atom. The minimum absolute atomic E-state index is 0.0232. The predicted octanol–water partition coefficient (Wildman–Crippen LogP) is 0.236. The highest BCUT2D eigenvalue weighted by Crippen LogP contribution is 2.09. The van der Waals surface area contributed by atoms with Crippen LogP contribution < -0.4 is 10.6 Å². The second-order valence-corrected chi connectivity index (χ2v) is 4.82. The lowest BCUT2D eigenvalue weighted by Crippen LogP contribution is -2.24.